The number of pyridine rings is 1. The molecule has 0 aromatic carbocycles. The highest BCUT2D eigenvalue weighted by Gasteiger charge is 2.20. The molecule has 0 radical (unpaired) electrons. The molecule has 0 aliphatic heterocycles. The summed E-state index contributed by atoms with van der Waals surface area (Å²) in [4.78, 5) is 17.8. The van der Waals surface area contributed by atoms with Gasteiger partial charge in [-0.2, -0.15) is 0 Å². The normalized spacial score (nSPS) is 12.1. The Morgan fingerprint density at radius 1 is 1.50 bits per heavy atom. The Labute approximate surface area is 120 Å². The van der Waals surface area contributed by atoms with Crippen LogP contribution in [0, 0.1) is 11.7 Å². The maximum absolute atomic E-state index is 14.3. The number of nitrogens with one attached hydrogen (secondary N) is 1. The smallest absolute Gasteiger partial charge is 0.256 e. The van der Waals surface area contributed by atoms with Crippen molar-refractivity contribution in [1.29, 1.82) is 0 Å². The molecule has 0 aliphatic carbocycles. The van der Waals surface area contributed by atoms with Crippen molar-refractivity contribution in [2.45, 2.75) is 33.6 Å². The molecule has 1 amide bonds. The Balaban J connectivity index is 2.87. The van der Waals surface area contributed by atoms with E-state index in [0.717, 1.165) is 12.8 Å². The number of carbonyl (C=O) groups is 1. The molecule has 1 rings (SSSR count). The number of rotatable bonds is 7. The average Bonchev–Trinajstić information content (AvgIpc) is 2.45. The van der Waals surface area contributed by atoms with Crippen LogP contribution < -0.4 is 5.32 Å². The molecule has 0 aliphatic rings. The van der Waals surface area contributed by atoms with Crippen LogP contribution in [0.2, 0.25) is 0 Å². The Morgan fingerprint density at radius 3 is 2.80 bits per heavy atom. The van der Waals surface area contributed by atoms with Crippen molar-refractivity contribution in [2.75, 3.05) is 25.5 Å². The first kappa shape index (κ1) is 16.4. The van der Waals surface area contributed by atoms with Gasteiger partial charge in [0.15, 0.2) is 11.6 Å². The van der Waals surface area contributed by atoms with Crippen LogP contribution >= 0.6 is 0 Å². The van der Waals surface area contributed by atoms with Crippen LogP contribution in [0.3, 0.4) is 0 Å². The van der Waals surface area contributed by atoms with Crippen LogP contribution in [0.5, 0.6) is 0 Å². The minimum absolute atomic E-state index is 0.0735. The van der Waals surface area contributed by atoms with Crippen LogP contribution in [0.1, 0.15) is 44.0 Å². The van der Waals surface area contributed by atoms with Gasteiger partial charge in [0.25, 0.3) is 5.91 Å². The molecule has 1 aromatic rings. The van der Waals surface area contributed by atoms with Gasteiger partial charge in [0.05, 0.1) is 5.56 Å². The molecular formula is C15H24FN3O. The van der Waals surface area contributed by atoms with Gasteiger partial charge in [0.2, 0.25) is 0 Å². The fourth-order valence-corrected chi connectivity index (χ4v) is 1.86. The van der Waals surface area contributed by atoms with Crippen LogP contribution in [-0.2, 0) is 0 Å². The molecule has 112 valence electrons. The van der Waals surface area contributed by atoms with Crippen molar-refractivity contribution in [1.82, 2.24) is 9.88 Å². The Kier molecular flexibility index (Phi) is 6.42. The number of carbonyl (C=O) groups excluding carboxylic acids is 1. The molecule has 1 atom stereocenters. The number of nitrogens with zero attached hydrogens (tertiary/aromatic N) is 2. The van der Waals surface area contributed by atoms with Gasteiger partial charge in [-0.1, -0.05) is 27.2 Å². The van der Waals surface area contributed by atoms with Crippen molar-refractivity contribution < 1.29 is 9.18 Å². The van der Waals surface area contributed by atoms with E-state index < -0.39 is 5.82 Å². The minimum Gasteiger partial charge on any atom is -0.368 e. The second-order valence-corrected chi connectivity index (χ2v) is 5.15. The van der Waals surface area contributed by atoms with Crippen LogP contribution in [0.4, 0.5) is 10.2 Å². The van der Waals surface area contributed by atoms with E-state index in [9.17, 15) is 9.18 Å². The predicted molar refractivity (Wildman–Crippen MR) is 79.4 cm³/mol. The number of amides is 1. The fourth-order valence-electron chi connectivity index (χ4n) is 1.86. The lowest BCUT2D eigenvalue weighted by Crippen LogP contribution is -2.31. The van der Waals surface area contributed by atoms with Crippen molar-refractivity contribution in [2.24, 2.45) is 5.92 Å². The monoisotopic (exact) mass is 281 g/mol. The molecule has 1 unspecified atom stereocenters. The molecule has 0 saturated heterocycles. The van der Waals surface area contributed by atoms with Crippen LogP contribution in [0.15, 0.2) is 12.3 Å². The van der Waals surface area contributed by atoms with Crippen molar-refractivity contribution in [3.63, 3.8) is 0 Å². The molecule has 0 fully saturated rings. The molecule has 4 nitrogen and oxygen atoms in total. The second-order valence-electron chi connectivity index (χ2n) is 5.15. The standard InChI is InChI=1S/C15H24FN3O/c1-5-8-17-14-13(16)12(7-9-18-14)15(20)19(4)10-11(3)6-2/h7,9,11H,5-6,8,10H2,1-4H3,(H,17,18). The predicted octanol–water partition coefficient (Wildman–Crippen LogP) is 3.16. The summed E-state index contributed by atoms with van der Waals surface area (Å²) in [5, 5.41) is 2.89. The van der Waals surface area contributed by atoms with Crippen molar-refractivity contribution >= 4 is 11.7 Å². The zero-order valence-electron chi connectivity index (χ0n) is 12.7. The first-order chi connectivity index (χ1) is 9.51. The maximum atomic E-state index is 14.3. The average molecular weight is 281 g/mol. The first-order valence-corrected chi connectivity index (χ1v) is 7.15. The highest BCUT2D eigenvalue weighted by atomic mass is 19.1. The van der Waals surface area contributed by atoms with Gasteiger partial charge < -0.3 is 10.2 Å². The topological polar surface area (TPSA) is 45.2 Å². The highest BCUT2D eigenvalue weighted by Crippen LogP contribution is 2.17. The van der Waals surface area contributed by atoms with E-state index in [-0.39, 0.29) is 17.3 Å². The molecule has 0 bridgehead atoms. The van der Waals surface area contributed by atoms with E-state index in [4.69, 9.17) is 0 Å². The zero-order chi connectivity index (χ0) is 15.1. The van der Waals surface area contributed by atoms with Crippen LogP contribution in [0.25, 0.3) is 0 Å². The van der Waals surface area contributed by atoms with Gasteiger partial charge in [-0.3, -0.25) is 4.79 Å². The molecule has 5 heteroatoms. The Morgan fingerprint density at radius 2 is 2.20 bits per heavy atom. The van der Waals surface area contributed by atoms with E-state index in [0.29, 0.717) is 19.0 Å². The van der Waals surface area contributed by atoms with Gasteiger partial charge >= 0.3 is 0 Å². The summed E-state index contributed by atoms with van der Waals surface area (Å²) in [5.41, 5.74) is 0.0735. The largest absolute Gasteiger partial charge is 0.368 e. The summed E-state index contributed by atoms with van der Waals surface area (Å²) in [6.45, 7) is 7.38. The SMILES string of the molecule is CCCNc1nccc(C(=O)N(C)CC(C)CC)c1F. The second kappa shape index (κ2) is 7.82. The van der Waals surface area contributed by atoms with Gasteiger partial charge in [0, 0.05) is 26.3 Å². The van der Waals surface area contributed by atoms with Crippen LogP contribution in [-0.4, -0.2) is 35.9 Å². The fraction of sp³-hybridized carbons (Fsp3) is 0.600. The van der Waals surface area contributed by atoms with Gasteiger partial charge in [-0.25, -0.2) is 9.37 Å². The molecule has 0 spiro atoms. The number of hydrogen-bond donors (Lipinski definition) is 1. The Bertz CT molecular complexity index is 451. The van der Waals surface area contributed by atoms with Gasteiger partial charge in [-0.15, -0.1) is 0 Å². The summed E-state index contributed by atoms with van der Waals surface area (Å²) in [6, 6.07) is 1.43. The summed E-state index contributed by atoms with van der Waals surface area (Å²) in [7, 11) is 1.70. The van der Waals surface area contributed by atoms with E-state index in [1.165, 1.54) is 12.3 Å². The zero-order valence-corrected chi connectivity index (χ0v) is 12.7. The minimum atomic E-state index is -0.568. The number of hydrogen-bond acceptors (Lipinski definition) is 3. The molecular weight excluding hydrogens is 257 g/mol. The van der Waals surface area contributed by atoms with Gasteiger partial charge in [0.1, 0.15) is 0 Å². The molecule has 1 N–H and O–H groups in total. The van der Waals surface area contributed by atoms with Gasteiger partial charge in [-0.05, 0) is 18.4 Å². The maximum Gasteiger partial charge on any atom is 0.256 e. The quantitative estimate of drug-likeness (QED) is 0.835. The number of anilines is 1. The third-order valence-corrected chi connectivity index (χ3v) is 3.29. The molecule has 0 saturated carbocycles. The highest BCUT2D eigenvalue weighted by molar-refractivity contribution is 5.95. The van der Waals surface area contributed by atoms with E-state index in [1.807, 2.05) is 6.92 Å². The first-order valence-electron chi connectivity index (χ1n) is 7.15. The molecule has 1 aromatic heterocycles. The third-order valence-electron chi connectivity index (χ3n) is 3.29. The third kappa shape index (κ3) is 4.18. The van der Waals surface area contributed by atoms with E-state index >= 15 is 0 Å². The lowest BCUT2D eigenvalue weighted by Gasteiger charge is -2.21. The lowest BCUT2D eigenvalue weighted by atomic mass is 10.1. The lowest BCUT2D eigenvalue weighted by molar-refractivity contribution is 0.0770. The molecule has 1 heterocycles. The van der Waals surface area contributed by atoms with E-state index in [1.54, 1.807) is 11.9 Å². The summed E-state index contributed by atoms with van der Waals surface area (Å²) >= 11 is 0. The summed E-state index contributed by atoms with van der Waals surface area (Å²) < 4.78 is 14.3. The van der Waals surface area contributed by atoms with Crippen molar-refractivity contribution in [3.8, 4) is 0 Å². The number of aromatic nitrogens is 1. The van der Waals surface area contributed by atoms with E-state index in [2.05, 4.69) is 24.1 Å². The molecule has 20 heavy (non-hydrogen) atoms. The number of halogens is 1. The summed E-state index contributed by atoms with van der Waals surface area (Å²) in [6.07, 6.45) is 3.32. The summed E-state index contributed by atoms with van der Waals surface area (Å²) in [5.74, 6) is -0.326. The van der Waals surface area contributed by atoms with Crippen molar-refractivity contribution in [3.05, 3.63) is 23.6 Å². The Hall–Kier alpha value is -1.65.